The maximum absolute atomic E-state index is 8.88. The summed E-state index contributed by atoms with van der Waals surface area (Å²) in [7, 11) is -4.64. The molecule has 0 aromatic rings. The van der Waals surface area contributed by atoms with Gasteiger partial charge in [0.05, 0.1) is 0 Å². The minimum absolute atomic E-state index is 0. The number of hydrogen-bond donors (Lipinski definition) is 3. The summed E-state index contributed by atoms with van der Waals surface area (Å²) in [6.45, 7) is 0. The van der Waals surface area contributed by atoms with Gasteiger partial charge in [0.1, 0.15) is 0 Å². The number of phosphoric acid groups is 1. The van der Waals surface area contributed by atoms with Crippen LogP contribution in [0.15, 0.2) is 0 Å². The molecule has 4 nitrogen and oxygen atoms in total. The molecule has 0 saturated heterocycles. The third-order valence-electron chi connectivity index (χ3n) is 0. The van der Waals surface area contributed by atoms with Gasteiger partial charge in [-0.2, -0.15) is 0 Å². The van der Waals surface area contributed by atoms with Crippen molar-refractivity contribution in [3.05, 3.63) is 0 Å². The molecule has 0 saturated carbocycles. The standard InChI is InChI=1S/Cu.Na.H3O4P.H/c;;1-5(2,3)4;/h;;(H3,1,2,3,4);. The van der Waals surface area contributed by atoms with Gasteiger partial charge in [-0.3, -0.25) is 0 Å². The van der Waals surface area contributed by atoms with Crippen molar-refractivity contribution in [1.82, 2.24) is 0 Å². The quantitative estimate of drug-likeness (QED) is 0.315. The zero-order valence-corrected chi connectivity index (χ0v) is 4.33. The molecule has 1 radical (unpaired) electrons. The molecule has 7 heavy (non-hydrogen) atoms. The van der Waals surface area contributed by atoms with Gasteiger partial charge in [0.2, 0.25) is 0 Å². The van der Waals surface area contributed by atoms with E-state index in [9.17, 15) is 0 Å². The van der Waals surface area contributed by atoms with Gasteiger partial charge >= 0.3 is 37.4 Å². The van der Waals surface area contributed by atoms with Crippen LogP contribution < -0.4 is 0 Å². The first-order chi connectivity index (χ1) is 2.00. The van der Waals surface area contributed by atoms with E-state index in [1.807, 2.05) is 0 Å². The summed E-state index contributed by atoms with van der Waals surface area (Å²) in [5.41, 5.74) is 0. The number of rotatable bonds is 0. The Morgan fingerprint density at radius 2 is 1.14 bits per heavy atom. The van der Waals surface area contributed by atoms with Crippen LogP contribution in [-0.2, 0) is 21.6 Å². The third kappa shape index (κ3) is 91.1. The van der Waals surface area contributed by atoms with Crippen LogP contribution in [0.4, 0.5) is 0 Å². The van der Waals surface area contributed by atoms with Crippen molar-refractivity contribution >= 4 is 37.4 Å². The second kappa shape index (κ2) is 5.76. The molecule has 0 amide bonds. The van der Waals surface area contributed by atoms with Crippen molar-refractivity contribution in [3.63, 3.8) is 0 Å². The molecule has 0 bridgehead atoms. The molecular formula is H4CuNaO4P. The second-order valence-electron chi connectivity index (χ2n) is 0.513. The fourth-order valence-corrected chi connectivity index (χ4v) is 0. The van der Waals surface area contributed by atoms with Crippen LogP contribution in [0.25, 0.3) is 0 Å². The molecule has 0 atom stereocenters. The minimum atomic E-state index is -4.64. The molecule has 7 heteroatoms. The van der Waals surface area contributed by atoms with Crippen LogP contribution in [0.1, 0.15) is 0 Å². The maximum atomic E-state index is 8.88. The fraction of sp³-hybridized carbons (Fsp3) is 0. The predicted molar refractivity (Wildman–Crippen MR) is 21.4 cm³/mol. The van der Waals surface area contributed by atoms with Gasteiger partial charge < -0.3 is 14.7 Å². The molecule has 3 N–H and O–H groups in total. The van der Waals surface area contributed by atoms with E-state index in [2.05, 4.69) is 0 Å². The Hall–Kier alpha value is 1.63. The molecule has 0 aromatic carbocycles. The van der Waals surface area contributed by atoms with Crippen LogP contribution in [0.5, 0.6) is 0 Å². The van der Waals surface area contributed by atoms with E-state index >= 15 is 0 Å². The van der Waals surface area contributed by atoms with E-state index < -0.39 is 7.82 Å². The summed E-state index contributed by atoms with van der Waals surface area (Å²) in [5.74, 6) is 0. The summed E-state index contributed by atoms with van der Waals surface area (Å²) >= 11 is 0. The molecule has 0 aliphatic carbocycles. The molecule has 0 aromatic heterocycles. The van der Waals surface area contributed by atoms with E-state index in [0.29, 0.717) is 0 Å². The van der Waals surface area contributed by atoms with Crippen LogP contribution >= 0.6 is 7.82 Å². The van der Waals surface area contributed by atoms with Crippen LogP contribution in [0, 0.1) is 0 Å². The summed E-state index contributed by atoms with van der Waals surface area (Å²) in [4.78, 5) is 21.6. The Kier molecular flexibility index (Phi) is 13.0. The first-order valence-corrected chi connectivity index (χ1v) is 2.35. The normalized spacial score (nSPS) is 8.43. The molecule has 0 spiro atoms. The Balaban J connectivity index is -0.0000000800. The third-order valence-corrected chi connectivity index (χ3v) is 0. The van der Waals surface area contributed by atoms with Gasteiger partial charge in [0, 0.05) is 17.1 Å². The van der Waals surface area contributed by atoms with Crippen molar-refractivity contribution in [3.8, 4) is 0 Å². The van der Waals surface area contributed by atoms with E-state index in [4.69, 9.17) is 19.2 Å². The number of hydrogen-bond acceptors (Lipinski definition) is 1. The predicted octanol–water partition coefficient (Wildman–Crippen LogP) is -1.58. The zero-order chi connectivity index (χ0) is 4.50. The molecule has 0 rings (SSSR count). The average Bonchev–Trinajstić information content (AvgIpc) is 0.722. The summed E-state index contributed by atoms with van der Waals surface area (Å²) in [6, 6.07) is 0. The fourth-order valence-electron chi connectivity index (χ4n) is 0. The Morgan fingerprint density at radius 3 is 1.14 bits per heavy atom. The molecule has 0 heterocycles. The molecule has 0 unspecified atom stereocenters. The van der Waals surface area contributed by atoms with Crippen LogP contribution in [0.2, 0.25) is 0 Å². The van der Waals surface area contributed by atoms with E-state index in [-0.39, 0.29) is 46.6 Å². The van der Waals surface area contributed by atoms with E-state index in [0.717, 1.165) is 0 Å². The van der Waals surface area contributed by atoms with Gasteiger partial charge in [0.25, 0.3) is 0 Å². The van der Waals surface area contributed by atoms with Crippen molar-refractivity contribution in [2.24, 2.45) is 0 Å². The average molecular weight is 186 g/mol. The molecule has 0 fully saturated rings. The molecule has 0 aliphatic rings. The SMILES string of the molecule is O=P(O)(O)O.[Cu].[NaH]. The van der Waals surface area contributed by atoms with Crippen molar-refractivity contribution < 1.29 is 36.3 Å². The van der Waals surface area contributed by atoms with Crippen LogP contribution in [-0.4, -0.2) is 44.2 Å². The Labute approximate surface area is 73.3 Å². The molecular weight excluding hydrogens is 182 g/mol. The van der Waals surface area contributed by atoms with Crippen LogP contribution in [0.3, 0.4) is 0 Å². The summed E-state index contributed by atoms with van der Waals surface area (Å²) < 4.78 is 8.88. The first-order valence-electron chi connectivity index (χ1n) is 0.783. The Bertz CT molecular complexity index is 57.8. The van der Waals surface area contributed by atoms with Gasteiger partial charge in [0.15, 0.2) is 0 Å². The van der Waals surface area contributed by atoms with Gasteiger partial charge in [-0.15, -0.1) is 0 Å². The van der Waals surface area contributed by atoms with Gasteiger partial charge in [-0.1, -0.05) is 0 Å². The topological polar surface area (TPSA) is 77.8 Å². The molecule has 45 valence electrons. The van der Waals surface area contributed by atoms with E-state index in [1.54, 1.807) is 0 Å². The Morgan fingerprint density at radius 1 is 1.14 bits per heavy atom. The second-order valence-corrected chi connectivity index (χ2v) is 1.54. The van der Waals surface area contributed by atoms with Crippen molar-refractivity contribution in [1.29, 1.82) is 0 Å². The first kappa shape index (κ1) is 15.9. The van der Waals surface area contributed by atoms with Gasteiger partial charge in [-0.25, -0.2) is 4.57 Å². The van der Waals surface area contributed by atoms with E-state index in [1.165, 1.54) is 0 Å². The molecule has 0 aliphatic heterocycles. The van der Waals surface area contributed by atoms with Crippen molar-refractivity contribution in [2.75, 3.05) is 0 Å². The summed E-state index contributed by atoms with van der Waals surface area (Å²) in [6.07, 6.45) is 0. The zero-order valence-electron chi connectivity index (χ0n) is 2.50. The van der Waals surface area contributed by atoms with Crippen molar-refractivity contribution in [2.45, 2.75) is 0 Å². The summed E-state index contributed by atoms with van der Waals surface area (Å²) in [5, 5.41) is 0. The van der Waals surface area contributed by atoms with Gasteiger partial charge in [-0.05, 0) is 0 Å². The monoisotopic (exact) mass is 185 g/mol.